The van der Waals surface area contributed by atoms with Crippen LogP contribution < -0.4 is 4.74 Å². The summed E-state index contributed by atoms with van der Waals surface area (Å²) in [4.78, 5) is 15.0. The molecule has 76 valence electrons. The number of esters is 1. The maximum Gasteiger partial charge on any atom is 0.356 e. The molecule has 0 atom stereocenters. The van der Waals surface area contributed by atoms with E-state index in [4.69, 9.17) is 16.3 Å². The highest BCUT2D eigenvalue weighted by molar-refractivity contribution is 6.31. The second kappa shape index (κ2) is 4.81. The summed E-state index contributed by atoms with van der Waals surface area (Å²) in [7, 11) is 1.28. The quantitative estimate of drug-likeness (QED) is 0.723. The summed E-state index contributed by atoms with van der Waals surface area (Å²) in [6.45, 7) is 2.29. The predicted octanol–water partition coefficient (Wildman–Crippen LogP) is 1.92. The first-order chi connectivity index (χ1) is 6.67. The smallest absolute Gasteiger partial charge is 0.356 e. The number of pyridine rings is 1. The van der Waals surface area contributed by atoms with Gasteiger partial charge >= 0.3 is 5.97 Å². The molecule has 0 N–H and O–H groups in total. The van der Waals surface area contributed by atoms with E-state index < -0.39 is 5.97 Å². The average Bonchev–Trinajstić information content (AvgIpc) is 2.16. The Morgan fingerprint density at radius 3 is 2.86 bits per heavy atom. The zero-order valence-corrected chi connectivity index (χ0v) is 8.67. The van der Waals surface area contributed by atoms with E-state index in [-0.39, 0.29) is 5.69 Å². The zero-order valence-electron chi connectivity index (χ0n) is 7.91. The molecule has 0 radical (unpaired) electrons. The minimum absolute atomic E-state index is 0.142. The fourth-order valence-electron chi connectivity index (χ4n) is 0.904. The van der Waals surface area contributed by atoms with Crippen LogP contribution in [0, 0.1) is 0 Å². The Bertz CT molecular complexity index is 341. The summed E-state index contributed by atoms with van der Waals surface area (Å²) in [5.74, 6) is -0.214. The van der Waals surface area contributed by atoms with E-state index in [9.17, 15) is 4.79 Å². The van der Waals surface area contributed by atoms with Gasteiger partial charge in [0, 0.05) is 11.1 Å². The van der Waals surface area contributed by atoms with Crippen molar-refractivity contribution >= 4 is 17.6 Å². The number of rotatable bonds is 3. The number of hydrogen-bond acceptors (Lipinski definition) is 4. The number of halogens is 1. The first-order valence-electron chi connectivity index (χ1n) is 4.06. The first kappa shape index (κ1) is 10.8. The highest BCUT2D eigenvalue weighted by Gasteiger charge is 2.10. The number of carbonyl (C=O) groups excluding carboxylic acids is 1. The van der Waals surface area contributed by atoms with Crippen molar-refractivity contribution in [2.45, 2.75) is 6.92 Å². The van der Waals surface area contributed by atoms with Gasteiger partial charge in [-0.1, -0.05) is 11.6 Å². The number of nitrogens with zero attached hydrogens (tertiary/aromatic N) is 1. The number of methoxy groups -OCH3 is 1. The Balaban J connectivity index is 3.00. The molecule has 5 heteroatoms. The van der Waals surface area contributed by atoms with Crippen LogP contribution >= 0.6 is 11.6 Å². The van der Waals surface area contributed by atoms with Crippen molar-refractivity contribution in [3.05, 3.63) is 22.8 Å². The number of aromatic nitrogens is 1. The van der Waals surface area contributed by atoms with Gasteiger partial charge in [-0.25, -0.2) is 9.78 Å². The first-order valence-corrected chi connectivity index (χ1v) is 4.44. The molecule has 0 bridgehead atoms. The molecule has 1 aromatic rings. The standard InChI is InChI=1S/C9H10ClNO3/c1-3-14-8-5-6(10)4-7(11-8)9(12)13-2/h4-5H,3H2,1-2H3. The van der Waals surface area contributed by atoms with Crippen LogP contribution in [0.4, 0.5) is 0 Å². The predicted molar refractivity (Wildman–Crippen MR) is 51.8 cm³/mol. The Morgan fingerprint density at radius 2 is 2.29 bits per heavy atom. The molecule has 1 aromatic heterocycles. The molecule has 1 heterocycles. The summed E-state index contributed by atoms with van der Waals surface area (Å²) in [5.41, 5.74) is 0.142. The van der Waals surface area contributed by atoms with Crippen LogP contribution in [0.5, 0.6) is 5.88 Å². The molecule has 0 saturated heterocycles. The van der Waals surface area contributed by atoms with Crippen molar-refractivity contribution in [3.8, 4) is 5.88 Å². The van der Waals surface area contributed by atoms with Crippen LogP contribution in [-0.2, 0) is 4.74 Å². The van der Waals surface area contributed by atoms with E-state index in [1.165, 1.54) is 19.2 Å². The lowest BCUT2D eigenvalue weighted by Crippen LogP contribution is -2.05. The third-order valence-electron chi connectivity index (χ3n) is 1.45. The van der Waals surface area contributed by atoms with E-state index >= 15 is 0 Å². The lowest BCUT2D eigenvalue weighted by Gasteiger charge is -2.04. The topological polar surface area (TPSA) is 48.4 Å². The van der Waals surface area contributed by atoms with Gasteiger partial charge in [0.25, 0.3) is 0 Å². The average molecular weight is 216 g/mol. The van der Waals surface area contributed by atoms with Gasteiger partial charge in [-0.2, -0.15) is 0 Å². The van der Waals surface area contributed by atoms with Crippen molar-refractivity contribution in [3.63, 3.8) is 0 Å². The van der Waals surface area contributed by atoms with E-state index in [1.807, 2.05) is 6.92 Å². The fourth-order valence-corrected chi connectivity index (χ4v) is 1.10. The fraction of sp³-hybridized carbons (Fsp3) is 0.333. The SMILES string of the molecule is CCOc1cc(Cl)cc(C(=O)OC)n1. The molecule has 0 aliphatic heterocycles. The monoisotopic (exact) mass is 215 g/mol. The Hall–Kier alpha value is -1.29. The van der Waals surface area contributed by atoms with E-state index in [2.05, 4.69) is 9.72 Å². The Morgan fingerprint density at radius 1 is 1.57 bits per heavy atom. The lowest BCUT2D eigenvalue weighted by molar-refractivity contribution is 0.0593. The molecule has 0 fully saturated rings. The Kier molecular flexibility index (Phi) is 3.71. The minimum Gasteiger partial charge on any atom is -0.478 e. The van der Waals surface area contributed by atoms with E-state index in [0.29, 0.717) is 17.5 Å². The third-order valence-corrected chi connectivity index (χ3v) is 1.67. The van der Waals surface area contributed by atoms with Crippen LogP contribution in [0.25, 0.3) is 0 Å². The Labute approximate surface area is 86.8 Å². The van der Waals surface area contributed by atoms with Gasteiger partial charge in [0.1, 0.15) is 0 Å². The normalized spacial score (nSPS) is 9.64. The van der Waals surface area contributed by atoms with Crippen LogP contribution in [0.2, 0.25) is 5.02 Å². The summed E-state index contributed by atoms with van der Waals surface area (Å²) in [6, 6.07) is 2.97. The summed E-state index contributed by atoms with van der Waals surface area (Å²) < 4.78 is 9.63. The second-order valence-corrected chi connectivity index (χ2v) is 2.87. The number of hydrogen-bond donors (Lipinski definition) is 0. The molecule has 0 aliphatic rings. The van der Waals surface area contributed by atoms with Gasteiger partial charge in [-0.15, -0.1) is 0 Å². The molecular formula is C9H10ClNO3. The van der Waals surface area contributed by atoms with Gasteiger partial charge in [0.2, 0.25) is 5.88 Å². The van der Waals surface area contributed by atoms with Crippen LogP contribution in [0.3, 0.4) is 0 Å². The third kappa shape index (κ3) is 2.60. The van der Waals surface area contributed by atoms with Crippen molar-refractivity contribution in [1.29, 1.82) is 0 Å². The molecule has 0 aliphatic carbocycles. The van der Waals surface area contributed by atoms with Gasteiger partial charge < -0.3 is 9.47 Å². The van der Waals surface area contributed by atoms with Crippen molar-refractivity contribution in [2.24, 2.45) is 0 Å². The largest absolute Gasteiger partial charge is 0.478 e. The van der Waals surface area contributed by atoms with Crippen molar-refractivity contribution < 1.29 is 14.3 Å². The summed E-state index contributed by atoms with van der Waals surface area (Å²) in [6.07, 6.45) is 0. The van der Waals surface area contributed by atoms with Gasteiger partial charge in [-0.05, 0) is 13.0 Å². The summed E-state index contributed by atoms with van der Waals surface area (Å²) >= 11 is 5.76. The maximum atomic E-state index is 11.1. The van der Waals surface area contributed by atoms with Crippen molar-refractivity contribution in [2.75, 3.05) is 13.7 Å². The van der Waals surface area contributed by atoms with Crippen LogP contribution in [-0.4, -0.2) is 24.7 Å². The van der Waals surface area contributed by atoms with E-state index in [1.54, 1.807) is 0 Å². The molecule has 4 nitrogen and oxygen atoms in total. The zero-order chi connectivity index (χ0) is 10.6. The highest BCUT2D eigenvalue weighted by Crippen LogP contribution is 2.17. The van der Waals surface area contributed by atoms with Gasteiger partial charge in [0.15, 0.2) is 5.69 Å². The molecule has 1 rings (SSSR count). The molecular weight excluding hydrogens is 206 g/mol. The second-order valence-electron chi connectivity index (χ2n) is 2.43. The molecule has 0 amide bonds. The molecule has 0 unspecified atom stereocenters. The molecule has 0 spiro atoms. The number of ether oxygens (including phenoxy) is 2. The van der Waals surface area contributed by atoms with Gasteiger partial charge in [-0.3, -0.25) is 0 Å². The summed E-state index contributed by atoms with van der Waals surface area (Å²) in [5, 5.41) is 0.392. The lowest BCUT2D eigenvalue weighted by atomic mass is 10.3. The number of carbonyl (C=O) groups is 1. The highest BCUT2D eigenvalue weighted by atomic mass is 35.5. The van der Waals surface area contributed by atoms with Crippen molar-refractivity contribution in [1.82, 2.24) is 4.98 Å². The molecule has 14 heavy (non-hydrogen) atoms. The molecule has 0 aromatic carbocycles. The maximum absolute atomic E-state index is 11.1. The van der Waals surface area contributed by atoms with Crippen LogP contribution in [0.15, 0.2) is 12.1 Å². The van der Waals surface area contributed by atoms with E-state index in [0.717, 1.165) is 0 Å². The van der Waals surface area contributed by atoms with Crippen LogP contribution in [0.1, 0.15) is 17.4 Å². The van der Waals surface area contributed by atoms with Gasteiger partial charge in [0.05, 0.1) is 13.7 Å². The molecule has 0 saturated carbocycles. The minimum atomic E-state index is -0.534.